The quantitative estimate of drug-likeness (QED) is 0.533. The molecule has 0 radical (unpaired) electrons. The summed E-state index contributed by atoms with van der Waals surface area (Å²) < 4.78 is 7.47. The van der Waals surface area contributed by atoms with E-state index in [2.05, 4.69) is 22.3 Å². The Morgan fingerprint density at radius 1 is 1.33 bits per heavy atom. The topological polar surface area (TPSA) is 95.1 Å². The maximum atomic E-state index is 12.2. The first-order valence-electron chi connectivity index (χ1n) is 9.14. The van der Waals surface area contributed by atoms with Crippen molar-refractivity contribution in [1.82, 2.24) is 14.8 Å². The monoisotopic (exact) mass is 387 g/mol. The van der Waals surface area contributed by atoms with Crippen molar-refractivity contribution in [3.05, 3.63) is 41.1 Å². The average molecular weight is 388 g/mol. The van der Waals surface area contributed by atoms with Gasteiger partial charge in [-0.05, 0) is 36.8 Å². The van der Waals surface area contributed by atoms with E-state index < -0.39 is 11.9 Å². The number of nitrogens with zero attached hydrogens (tertiary/aromatic N) is 3. The van der Waals surface area contributed by atoms with Crippen LogP contribution in [-0.2, 0) is 4.79 Å². The summed E-state index contributed by atoms with van der Waals surface area (Å²) in [7, 11) is 0. The predicted molar refractivity (Wildman–Crippen MR) is 107 cm³/mol. The maximum Gasteiger partial charge on any atom is 0.248 e. The van der Waals surface area contributed by atoms with Gasteiger partial charge in [-0.2, -0.15) is 4.98 Å². The molecule has 1 unspecified atom stereocenters. The molecular formula is C19H25N5O2S. The average Bonchev–Trinajstić information content (AvgIpc) is 3.03. The van der Waals surface area contributed by atoms with Crippen molar-refractivity contribution in [2.75, 3.05) is 17.7 Å². The number of hydrogen-bond acceptors (Lipinski definition) is 6. The van der Waals surface area contributed by atoms with Gasteiger partial charge < -0.3 is 15.8 Å². The second-order valence-electron chi connectivity index (χ2n) is 6.30. The van der Waals surface area contributed by atoms with Gasteiger partial charge in [0.25, 0.3) is 0 Å². The summed E-state index contributed by atoms with van der Waals surface area (Å²) in [4.78, 5) is 16.7. The number of carbonyl (C=O) groups is 1. The summed E-state index contributed by atoms with van der Waals surface area (Å²) in [6.07, 6.45) is 2.11. The fraction of sp³-hybridized carbons (Fsp3) is 0.421. The number of ether oxygens (including phenoxy) is 1. The van der Waals surface area contributed by atoms with Gasteiger partial charge in [-0.25, -0.2) is 4.68 Å². The molecule has 1 aliphatic rings. The van der Waals surface area contributed by atoms with Crippen molar-refractivity contribution in [3.8, 4) is 5.75 Å². The van der Waals surface area contributed by atoms with E-state index in [4.69, 9.17) is 10.5 Å². The lowest BCUT2D eigenvalue weighted by Gasteiger charge is -2.27. The second kappa shape index (κ2) is 8.47. The molecule has 1 aromatic heterocycles. The summed E-state index contributed by atoms with van der Waals surface area (Å²) in [6.45, 7) is 6.70. The van der Waals surface area contributed by atoms with E-state index >= 15 is 0 Å². The molecule has 0 saturated heterocycles. The van der Waals surface area contributed by atoms with Crippen LogP contribution in [0.4, 0.5) is 5.95 Å². The number of amides is 1. The fourth-order valence-corrected chi connectivity index (χ4v) is 3.58. The van der Waals surface area contributed by atoms with Gasteiger partial charge in [-0.15, -0.1) is 5.10 Å². The first-order valence-corrected chi connectivity index (χ1v) is 10.1. The van der Waals surface area contributed by atoms with Crippen LogP contribution in [0.3, 0.4) is 0 Å². The summed E-state index contributed by atoms with van der Waals surface area (Å²) in [6, 6.07) is 7.32. The Kier molecular flexibility index (Phi) is 6.05. The number of nitrogens with two attached hydrogens (primary N) is 1. The van der Waals surface area contributed by atoms with Gasteiger partial charge in [-0.3, -0.25) is 4.79 Å². The first-order chi connectivity index (χ1) is 13.0. The van der Waals surface area contributed by atoms with Crippen LogP contribution in [0.25, 0.3) is 0 Å². The molecule has 1 aromatic carbocycles. The summed E-state index contributed by atoms with van der Waals surface area (Å²) >= 11 is 1.55. The number of rotatable bonds is 8. The zero-order chi connectivity index (χ0) is 19.4. The zero-order valence-corrected chi connectivity index (χ0v) is 16.7. The van der Waals surface area contributed by atoms with E-state index in [1.807, 2.05) is 38.1 Å². The molecule has 1 atom stereocenters. The minimum Gasteiger partial charge on any atom is -0.494 e. The van der Waals surface area contributed by atoms with E-state index in [1.165, 1.54) is 0 Å². The number of hydrogen-bond donors (Lipinski definition) is 2. The van der Waals surface area contributed by atoms with Crippen molar-refractivity contribution in [2.24, 2.45) is 5.73 Å². The van der Waals surface area contributed by atoms with E-state index in [1.54, 1.807) is 16.4 Å². The van der Waals surface area contributed by atoms with Crippen LogP contribution in [0.5, 0.6) is 5.75 Å². The molecule has 144 valence electrons. The Morgan fingerprint density at radius 3 is 2.70 bits per heavy atom. The number of unbranched alkanes of at least 4 members (excludes halogenated alkanes) is 1. The molecule has 0 aliphatic carbocycles. The normalized spacial score (nSPS) is 16.0. The third-order valence-electron chi connectivity index (χ3n) is 4.33. The van der Waals surface area contributed by atoms with E-state index in [0.717, 1.165) is 29.9 Å². The van der Waals surface area contributed by atoms with Gasteiger partial charge in [0.05, 0.1) is 12.2 Å². The number of aromatic nitrogens is 3. The smallest absolute Gasteiger partial charge is 0.248 e. The first kappa shape index (κ1) is 19.3. The minimum atomic E-state index is -0.473. The molecule has 7 nitrogen and oxygen atoms in total. The van der Waals surface area contributed by atoms with Crippen molar-refractivity contribution in [2.45, 2.75) is 44.8 Å². The number of benzene rings is 1. The standard InChI is InChI=1S/C19H25N5O2S/c1-4-6-11-26-14-9-7-13(8-10-14)16-15(17(20)25)12(3)21-18-22-19(27-5-2)23-24(16)18/h7-10,16H,4-6,11H2,1-3H3,(H2,20,25)(H,21,22,23). The highest BCUT2D eigenvalue weighted by Gasteiger charge is 2.33. The molecule has 3 N–H and O–H groups in total. The van der Waals surface area contributed by atoms with Gasteiger partial charge in [-0.1, -0.05) is 44.2 Å². The lowest BCUT2D eigenvalue weighted by molar-refractivity contribution is -0.115. The lowest BCUT2D eigenvalue weighted by atomic mass is 9.95. The number of primary amides is 1. The Balaban J connectivity index is 1.96. The SMILES string of the molecule is CCCCOc1ccc(C2C(C(N)=O)=C(C)Nc3nc(SCC)nn32)cc1. The van der Waals surface area contributed by atoms with Crippen molar-refractivity contribution < 1.29 is 9.53 Å². The minimum absolute atomic E-state index is 0.415. The maximum absolute atomic E-state index is 12.2. The molecule has 8 heteroatoms. The summed E-state index contributed by atoms with van der Waals surface area (Å²) in [5.74, 6) is 1.82. The highest BCUT2D eigenvalue weighted by Crippen LogP contribution is 2.36. The van der Waals surface area contributed by atoms with Crippen molar-refractivity contribution in [1.29, 1.82) is 0 Å². The Bertz CT molecular complexity index is 844. The van der Waals surface area contributed by atoms with Gasteiger partial charge >= 0.3 is 0 Å². The second-order valence-corrected chi connectivity index (χ2v) is 7.53. The van der Waals surface area contributed by atoms with Crippen LogP contribution in [-0.4, -0.2) is 33.0 Å². The van der Waals surface area contributed by atoms with Crippen LogP contribution in [0.2, 0.25) is 0 Å². The Morgan fingerprint density at radius 2 is 2.07 bits per heavy atom. The molecule has 0 fully saturated rings. The highest BCUT2D eigenvalue weighted by atomic mass is 32.2. The van der Waals surface area contributed by atoms with Crippen molar-refractivity contribution >= 4 is 23.6 Å². The molecule has 2 heterocycles. The van der Waals surface area contributed by atoms with Gasteiger partial charge in [0.2, 0.25) is 17.0 Å². The molecular weight excluding hydrogens is 362 g/mol. The number of allylic oxidation sites excluding steroid dienone is 1. The summed E-state index contributed by atoms with van der Waals surface area (Å²) in [5.41, 5.74) is 7.78. The predicted octanol–water partition coefficient (Wildman–Crippen LogP) is 3.34. The lowest BCUT2D eigenvalue weighted by Crippen LogP contribution is -2.31. The van der Waals surface area contributed by atoms with Gasteiger partial charge in [0, 0.05) is 5.70 Å². The van der Waals surface area contributed by atoms with E-state index in [9.17, 15) is 4.79 Å². The van der Waals surface area contributed by atoms with Gasteiger partial charge in [0.15, 0.2) is 0 Å². The third-order valence-corrected chi connectivity index (χ3v) is 5.05. The fourth-order valence-electron chi connectivity index (χ4n) is 3.03. The molecule has 0 bridgehead atoms. The number of carbonyl (C=O) groups excluding carboxylic acids is 1. The number of nitrogens with one attached hydrogen (secondary N) is 1. The number of anilines is 1. The van der Waals surface area contributed by atoms with E-state index in [-0.39, 0.29) is 0 Å². The molecule has 0 spiro atoms. The molecule has 3 rings (SSSR count). The van der Waals surface area contributed by atoms with Crippen LogP contribution in [0.15, 0.2) is 40.7 Å². The van der Waals surface area contributed by atoms with E-state index in [0.29, 0.717) is 29.0 Å². The van der Waals surface area contributed by atoms with Crippen LogP contribution in [0, 0.1) is 0 Å². The molecule has 1 amide bonds. The molecule has 1 aliphatic heterocycles. The van der Waals surface area contributed by atoms with Gasteiger partial charge in [0.1, 0.15) is 11.8 Å². The Hall–Kier alpha value is -2.48. The molecule has 2 aromatic rings. The number of thioether (sulfide) groups is 1. The van der Waals surface area contributed by atoms with Crippen molar-refractivity contribution in [3.63, 3.8) is 0 Å². The van der Waals surface area contributed by atoms with Crippen LogP contribution < -0.4 is 15.8 Å². The Labute approximate surface area is 163 Å². The summed E-state index contributed by atoms with van der Waals surface area (Å²) in [5, 5.41) is 8.40. The molecule has 27 heavy (non-hydrogen) atoms. The largest absolute Gasteiger partial charge is 0.494 e. The zero-order valence-electron chi connectivity index (χ0n) is 15.9. The number of fused-ring (bicyclic) bond motifs is 1. The molecule has 0 saturated carbocycles. The highest BCUT2D eigenvalue weighted by molar-refractivity contribution is 7.99. The van der Waals surface area contributed by atoms with Crippen LogP contribution >= 0.6 is 11.8 Å². The third kappa shape index (κ3) is 4.10. The van der Waals surface area contributed by atoms with Crippen LogP contribution in [0.1, 0.15) is 45.2 Å².